The van der Waals surface area contributed by atoms with Crippen LogP contribution in [0.2, 0.25) is 0 Å². The van der Waals surface area contributed by atoms with Crippen LogP contribution < -0.4 is 5.32 Å². The number of nitrogens with zero attached hydrogens (tertiary/aromatic N) is 2. The Labute approximate surface area is 133 Å². The van der Waals surface area contributed by atoms with Gasteiger partial charge in [0.15, 0.2) is 0 Å². The van der Waals surface area contributed by atoms with Crippen LogP contribution in [-0.4, -0.2) is 42.3 Å². The quantitative estimate of drug-likeness (QED) is 0.624. The number of carbonyl (C=O) groups excluding carboxylic acids is 1. The zero-order valence-corrected chi connectivity index (χ0v) is 14.1. The lowest BCUT2D eigenvalue weighted by atomic mass is 10.2. The van der Waals surface area contributed by atoms with E-state index in [0.717, 1.165) is 34.6 Å². The molecule has 1 N–H and O–H groups in total. The van der Waals surface area contributed by atoms with Crippen molar-refractivity contribution < 1.29 is 14.3 Å². The van der Waals surface area contributed by atoms with Gasteiger partial charge >= 0.3 is 5.97 Å². The summed E-state index contributed by atoms with van der Waals surface area (Å²) in [6.07, 6.45) is 2.63. The highest BCUT2D eigenvalue weighted by Gasteiger charge is 2.19. The summed E-state index contributed by atoms with van der Waals surface area (Å²) >= 11 is 1.33. The van der Waals surface area contributed by atoms with E-state index in [9.17, 15) is 4.79 Å². The van der Waals surface area contributed by atoms with Crippen LogP contribution in [0.4, 0.5) is 5.82 Å². The summed E-state index contributed by atoms with van der Waals surface area (Å²) < 4.78 is 10.3. The highest BCUT2D eigenvalue weighted by Crippen LogP contribution is 2.33. The number of hydrogen-bond acceptors (Lipinski definition) is 7. The molecule has 0 saturated carbocycles. The van der Waals surface area contributed by atoms with Gasteiger partial charge in [-0.25, -0.2) is 14.8 Å². The summed E-state index contributed by atoms with van der Waals surface area (Å²) in [6, 6.07) is 0. The van der Waals surface area contributed by atoms with Gasteiger partial charge in [0.05, 0.1) is 18.6 Å². The molecule has 0 aliphatic heterocycles. The lowest BCUT2D eigenvalue weighted by Crippen LogP contribution is -2.10. The van der Waals surface area contributed by atoms with Crippen LogP contribution in [0.3, 0.4) is 0 Å². The number of nitrogens with one attached hydrogen (secondary N) is 1. The number of carbonyl (C=O) groups is 1. The van der Waals surface area contributed by atoms with E-state index in [1.54, 1.807) is 0 Å². The van der Waals surface area contributed by atoms with E-state index in [-0.39, 0.29) is 12.1 Å². The molecule has 0 amide bonds. The molecule has 0 aliphatic carbocycles. The molecular weight excluding hydrogens is 302 g/mol. The first kappa shape index (κ1) is 16.6. The maximum atomic E-state index is 11.8. The van der Waals surface area contributed by atoms with Gasteiger partial charge in [0.1, 0.15) is 21.9 Å². The molecule has 2 rings (SSSR count). The van der Waals surface area contributed by atoms with Crippen LogP contribution >= 0.6 is 11.3 Å². The van der Waals surface area contributed by atoms with Crippen LogP contribution in [0, 0.1) is 6.92 Å². The molecule has 0 aliphatic rings. The molecule has 120 valence electrons. The van der Waals surface area contributed by atoms with Crippen molar-refractivity contribution in [1.82, 2.24) is 9.97 Å². The third kappa shape index (κ3) is 3.72. The Morgan fingerprint density at radius 2 is 2.18 bits per heavy atom. The molecule has 0 aromatic carbocycles. The second kappa shape index (κ2) is 7.51. The molecule has 0 fully saturated rings. The van der Waals surface area contributed by atoms with Crippen molar-refractivity contribution in [3.63, 3.8) is 0 Å². The average Bonchev–Trinajstić information content (AvgIpc) is 2.84. The Bertz CT molecular complexity index is 655. The first-order valence-electron chi connectivity index (χ1n) is 7.22. The van der Waals surface area contributed by atoms with Crippen molar-refractivity contribution in [3.05, 3.63) is 16.8 Å². The summed E-state index contributed by atoms with van der Waals surface area (Å²) in [4.78, 5) is 21.7. The number of esters is 1. The molecule has 2 aromatic heterocycles. The van der Waals surface area contributed by atoms with Gasteiger partial charge in [0.2, 0.25) is 0 Å². The predicted octanol–water partition coefficient (Wildman–Crippen LogP) is 3.01. The molecule has 6 nitrogen and oxygen atoms in total. The second-order valence-corrected chi connectivity index (χ2v) is 6.15. The standard InChI is InChI=1S/C15H21N3O3S/c1-9(2)21-7-5-6-16-13-11-10(3)12(15(19)20-4)22-14(11)18-8-17-13/h8-9H,5-7H2,1-4H3,(H,16,17,18). The molecule has 22 heavy (non-hydrogen) atoms. The number of fused-ring (bicyclic) bond motifs is 1. The van der Waals surface area contributed by atoms with Crippen LogP contribution in [0.25, 0.3) is 10.2 Å². The number of anilines is 1. The Morgan fingerprint density at radius 3 is 2.86 bits per heavy atom. The third-order valence-corrected chi connectivity index (χ3v) is 4.34. The number of rotatable bonds is 7. The molecular formula is C15H21N3O3S. The van der Waals surface area contributed by atoms with Gasteiger partial charge in [0, 0.05) is 13.2 Å². The maximum Gasteiger partial charge on any atom is 0.348 e. The van der Waals surface area contributed by atoms with Crippen molar-refractivity contribution in [1.29, 1.82) is 0 Å². The fourth-order valence-corrected chi connectivity index (χ4v) is 3.16. The summed E-state index contributed by atoms with van der Waals surface area (Å²) in [6.45, 7) is 7.38. The van der Waals surface area contributed by atoms with Crippen LogP contribution in [0.5, 0.6) is 0 Å². The van der Waals surface area contributed by atoms with Crippen molar-refractivity contribution in [2.45, 2.75) is 33.3 Å². The lowest BCUT2D eigenvalue weighted by Gasteiger charge is -2.09. The number of methoxy groups -OCH3 is 1. The van der Waals surface area contributed by atoms with Crippen molar-refractivity contribution >= 4 is 33.3 Å². The normalized spacial score (nSPS) is 11.1. The zero-order valence-electron chi connectivity index (χ0n) is 13.3. The highest BCUT2D eigenvalue weighted by atomic mass is 32.1. The number of ether oxygens (including phenoxy) is 2. The smallest absolute Gasteiger partial charge is 0.348 e. The maximum absolute atomic E-state index is 11.8. The minimum absolute atomic E-state index is 0.243. The SMILES string of the molecule is COC(=O)c1sc2ncnc(NCCCOC(C)C)c2c1C. The summed E-state index contributed by atoms with van der Waals surface area (Å²) in [7, 11) is 1.38. The van der Waals surface area contributed by atoms with E-state index in [4.69, 9.17) is 9.47 Å². The van der Waals surface area contributed by atoms with E-state index in [1.165, 1.54) is 24.8 Å². The molecule has 0 unspecified atom stereocenters. The van der Waals surface area contributed by atoms with E-state index < -0.39 is 0 Å². The first-order valence-corrected chi connectivity index (χ1v) is 8.04. The third-order valence-electron chi connectivity index (χ3n) is 3.16. The molecule has 0 spiro atoms. The fraction of sp³-hybridized carbons (Fsp3) is 0.533. The topological polar surface area (TPSA) is 73.3 Å². The average molecular weight is 323 g/mol. The summed E-state index contributed by atoms with van der Waals surface area (Å²) in [5.74, 6) is 0.412. The Hall–Kier alpha value is -1.73. The summed E-state index contributed by atoms with van der Waals surface area (Å²) in [5.41, 5.74) is 0.855. The number of aryl methyl sites for hydroxylation is 1. The van der Waals surface area contributed by atoms with Crippen molar-refractivity contribution in [2.24, 2.45) is 0 Å². The Morgan fingerprint density at radius 1 is 1.41 bits per heavy atom. The van der Waals surface area contributed by atoms with Gasteiger partial charge in [-0.1, -0.05) is 0 Å². The van der Waals surface area contributed by atoms with Gasteiger partial charge < -0.3 is 14.8 Å². The first-order chi connectivity index (χ1) is 10.5. The molecule has 2 heterocycles. The molecule has 0 saturated heterocycles. The molecule has 2 aromatic rings. The van der Waals surface area contributed by atoms with E-state index in [0.29, 0.717) is 11.5 Å². The molecule has 0 atom stereocenters. The van der Waals surface area contributed by atoms with E-state index >= 15 is 0 Å². The zero-order chi connectivity index (χ0) is 16.1. The second-order valence-electron chi connectivity index (χ2n) is 5.15. The highest BCUT2D eigenvalue weighted by molar-refractivity contribution is 7.20. The Kier molecular flexibility index (Phi) is 5.68. The fourth-order valence-electron chi connectivity index (χ4n) is 2.09. The molecule has 7 heteroatoms. The van der Waals surface area contributed by atoms with E-state index in [2.05, 4.69) is 15.3 Å². The lowest BCUT2D eigenvalue weighted by molar-refractivity contribution is 0.0605. The van der Waals surface area contributed by atoms with Gasteiger partial charge in [-0.15, -0.1) is 11.3 Å². The van der Waals surface area contributed by atoms with Crippen LogP contribution in [-0.2, 0) is 9.47 Å². The van der Waals surface area contributed by atoms with Gasteiger partial charge in [0.25, 0.3) is 0 Å². The van der Waals surface area contributed by atoms with Gasteiger partial charge in [-0.05, 0) is 32.8 Å². The summed E-state index contributed by atoms with van der Waals surface area (Å²) in [5, 5.41) is 4.18. The predicted molar refractivity (Wildman–Crippen MR) is 87.7 cm³/mol. The van der Waals surface area contributed by atoms with Crippen LogP contribution in [0.1, 0.15) is 35.5 Å². The minimum atomic E-state index is -0.336. The Balaban J connectivity index is 2.13. The largest absolute Gasteiger partial charge is 0.465 e. The number of aromatic nitrogens is 2. The van der Waals surface area contributed by atoms with E-state index in [1.807, 2.05) is 20.8 Å². The molecule has 0 bridgehead atoms. The van der Waals surface area contributed by atoms with Crippen LogP contribution in [0.15, 0.2) is 6.33 Å². The number of thiophene rings is 1. The van der Waals surface area contributed by atoms with Gasteiger partial charge in [-0.2, -0.15) is 0 Å². The van der Waals surface area contributed by atoms with Gasteiger partial charge in [-0.3, -0.25) is 0 Å². The van der Waals surface area contributed by atoms with Crippen molar-refractivity contribution in [3.8, 4) is 0 Å². The monoisotopic (exact) mass is 323 g/mol. The molecule has 0 radical (unpaired) electrons. The number of hydrogen-bond donors (Lipinski definition) is 1. The van der Waals surface area contributed by atoms with Crippen molar-refractivity contribution in [2.75, 3.05) is 25.6 Å². The minimum Gasteiger partial charge on any atom is -0.465 e.